The van der Waals surface area contributed by atoms with Gasteiger partial charge in [-0.25, -0.2) is 4.79 Å². The molecule has 3 atom stereocenters. The maximum absolute atomic E-state index is 12.7. The van der Waals surface area contributed by atoms with Crippen molar-refractivity contribution in [2.45, 2.75) is 71.2 Å². The van der Waals surface area contributed by atoms with Crippen molar-refractivity contribution >= 4 is 17.7 Å². The molecule has 0 spiro atoms. The molecular weight excluding hydrogens is 360 g/mol. The van der Waals surface area contributed by atoms with Crippen molar-refractivity contribution in [2.75, 3.05) is 12.0 Å². The van der Waals surface area contributed by atoms with Gasteiger partial charge in [0.25, 0.3) is 5.91 Å². The van der Waals surface area contributed by atoms with Crippen LogP contribution in [-0.4, -0.2) is 47.5 Å². The second-order valence-corrected chi connectivity index (χ2v) is 8.85. The molecule has 7 nitrogen and oxygen atoms in total. The van der Waals surface area contributed by atoms with Crippen molar-refractivity contribution in [1.29, 1.82) is 0 Å². The van der Waals surface area contributed by atoms with Crippen LogP contribution >= 0.6 is 0 Å². The van der Waals surface area contributed by atoms with Crippen LogP contribution in [0.25, 0.3) is 0 Å². The summed E-state index contributed by atoms with van der Waals surface area (Å²) in [4.78, 5) is 26.6. The highest BCUT2D eigenvalue weighted by molar-refractivity contribution is 6.08. The molecule has 156 valence electrons. The summed E-state index contributed by atoms with van der Waals surface area (Å²) in [5.74, 6) is 0.511. The minimum absolute atomic E-state index is 0.240. The summed E-state index contributed by atoms with van der Waals surface area (Å²) < 4.78 is 10.6. The summed E-state index contributed by atoms with van der Waals surface area (Å²) >= 11 is 0. The van der Waals surface area contributed by atoms with E-state index in [1.165, 1.54) is 11.8 Å². The summed E-state index contributed by atoms with van der Waals surface area (Å²) in [5.41, 5.74) is -1.57. The third kappa shape index (κ3) is 4.76. The monoisotopic (exact) mass is 392 g/mol. The van der Waals surface area contributed by atoms with Gasteiger partial charge >= 0.3 is 6.09 Å². The first kappa shape index (κ1) is 22.0. The molecule has 0 saturated carbocycles. The number of carbonyl (C=O) groups excluding carboxylic acids is 2. The zero-order valence-electron chi connectivity index (χ0n) is 17.8. The molecule has 0 bridgehead atoms. The van der Waals surface area contributed by atoms with Crippen LogP contribution in [0.5, 0.6) is 5.75 Å². The molecule has 2 N–H and O–H groups in total. The molecule has 0 unspecified atom stereocenters. The number of anilines is 1. The molecule has 0 aliphatic carbocycles. The molecule has 28 heavy (non-hydrogen) atoms. The first-order valence-corrected chi connectivity index (χ1v) is 9.56. The summed E-state index contributed by atoms with van der Waals surface area (Å²) in [5, 5.41) is 13.7. The number of benzene rings is 1. The van der Waals surface area contributed by atoms with Crippen molar-refractivity contribution in [3.8, 4) is 5.75 Å². The minimum atomic E-state index is -1.57. The number of aliphatic hydroxyl groups is 1. The smallest absolute Gasteiger partial charge is 0.407 e. The Kier molecular flexibility index (Phi) is 6.28. The van der Waals surface area contributed by atoms with Gasteiger partial charge in [0.15, 0.2) is 5.60 Å². The average Bonchev–Trinajstić information content (AvgIpc) is 2.56. The molecule has 1 saturated heterocycles. The van der Waals surface area contributed by atoms with E-state index in [1.54, 1.807) is 52.1 Å². The molecule has 2 rings (SSSR count). The van der Waals surface area contributed by atoms with Gasteiger partial charge in [0.2, 0.25) is 0 Å². The van der Waals surface area contributed by atoms with Gasteiger partial charge in [0.1, 0.15) is 11.4 Å². The number of nitrogens with zero attached hydrogens (tertiary/aromatic N) is 1. The Bertz CT molecular complexity index is 707. The normalized spacial score (nSPS) is 23.2. The van der Waals surface area contributed by atoms with Gasteiger partial charge < -0.3 is 24.8 Å². The number of ether oxygens (including phenoxy) is 2. The fourth-order valence-electron chi connectivity index (χ4n) is 3.51. The maximum atomic E-state index is 12.7. The van der Waals surface area contributed by atoms with Crippen LogP contribution < -0.4 is 15.0 Å². The van der Waals surface area contributed by atoms with Crippen molar-refractivity contribution < 1.29 is 24.2 Å². The Labute approximate surface area is 167 Å². The molecule has 1 aliphatic rings. The third-order valence-electron chi connectivity index (χ3n) is 4.67. The second-order valence-electron chi connectivity index (χ2n) is 8.85. The Morgan fingerprint density at radius 3 is 2.32 bits per heavy atom. The van der Waals surface area contributed by atoms with Crippen LogP contribution in [-0.2, 0) is 9.53 Å². The molecule has 1 heterocycles. The molecule has 1 aromatic carbocycles. The Morgan fingerprint density at radius 2 is 1.86 bits per heavy atom. The van der Waals surface area contributed by atoms with E-state index in [9.17, 15) is 14.7 Å². The molecular formula is C21H32N2O5. The maximum Gasteiger partial charge on any atom is 0.407 e. The number of rotatable bonds is 6. The lowest BCUT2D eigenvalue weighted by Crippen LogP contribution is -2.78. The Hall–Kier alpha value is -2.28. The highest BCUT2D eigenvalue weighted by Gasteiger charge is 2.60. The van der Waals surface area contributed by atoms with E-state index in [1.807, 2.05) is 13.8 Å². The molecule has 1 aromatic rings. The number of methoxy groups -OCH3 is 1. The van der Waals surface area contributed by atoms with Crippen LogP contribution in [0.3, 0.4) is 0 Å². The highest BCUT2D eigenvalue weighted by atomic mass is 16.6. The standard InChI is InChI=1S/C21H32N2O5/c1-13(2)12-16(22-19(25)28-20(3,4)5)17-21(6,26)18(24)23(17)14-8-10-15(27-7)11-9-14/h8-11,13,16-17,26H,12H2,1-7H3,(H,22,25)/t16-,17+,21-/m0/s1. The Balaban J connectivity index is 2.31. The lowest BCUT2D eigenvalue weighted by molar-refractivity contribution is -0.152. The summed E-state index contributed by atoms with van der Waals surface area (Å²) in [6.07, 6.45) is 0.0166. The predicted molar refractivity (Wildman–Crippen MR) is 108 cm³/mol. The van der Waals surface area contributed by atoms with Crippen LogP contribution in [0, 0.1) is 5.92 Å². The van der Waals surface area contributed by atoms with Crippen LogP contribution in [0.4, 0.5) is 10.5 Å². The largest absolute Gasteiger partial charge is 0.497 e. The van der Waals surface area contributed by atoms with E-state index in [2.05, 4.69) is 5.32 Å². The molecule has 0 radical (unpaired) electrons. The average molecular weight is 392 g/mol. The van der Waals surface area contributed by atoms with Gasteiger partial charge in [-0.05, 0) is 64.3 Å². The number of alkyl carbamates (subject to hydrolysis) is 1. The first-order chi connectivity index (χ1) is 12.9. The van der Waals surface area contributed by atoms with Crippen LogP contribution in [0.1, 0.15) is 48.0 Å². The lowest BCUT2D eigenvalue weighted by Gasteiger charge is -2.54. The fourth-order valence-corrected chi connectivity index (χ4v) is 3.51. The van der Waals surface area contributed by atoms with E-state index in [4.69, 9.17) is 9.47 Å². The molecule has 0 aromatic heterocycles. The van der Waals surface area contributed by atoms with Gasteiger partial charge in [0, 0.05) is 5.69 Å². The fraction of sp³-hybridized carbons (Fsp3) is 0.619. The number of nitrogens with one attached hydrogen (secondary N) is 1. The zero-order valence-corrected chi connectivity index (χ0v) is 17.8. The first-order valence-electron chi connectivity index (χ1n) is 9.56. The van der Waals surface area contributed by atoms with Crippen molar-refractivity contribution in [3.63, 3.8) is 0 Å². The SMILES string of the molecule is COc1ccc(N2C(=O)[C@@](C)(O)[C@H]2[C@H](CC(C)C)NC(=O)OC(C)(C)C)cc1. The van der Waals surface area contributed by atoms with E-state index < -0.39 is 35.3 Å². The quantitative estimate of drug-likeness (QED) is 0.727. The van der Waals surface area contributed by atoms with Gasteiger partial charge in [-0.2, -0.15) is 0 Å². The number of amides is 2. The molecule has 1 fully saturated rings. The van der Waals surface area contributed by atoms with Crippen LogP contribution in [0.2, 0.25) is 0 Å². The van der Waals surface area contributed by atoms with Gasteiger partial charge in [0.05, 0.1) is 19.2 Å². The molecule has 1 aliphatic heterocycles. The van der Waals surface area contributed by atoms with E-state index >= 15 is 0 Å². The van der Waals surface area contributed by atoms with Gasteiger partial charge in [-0.1, -0.05) is 13.8 Å². The number of hydrogen-bond acceptors (Lipinski definition) is 5. The topological polar surface area (TPSA) is 88.1 Å². The van der Waals surface area contributed by atoms with E-state index in [-0.39, 0.29) is 5.92 Å². The summed E-state index contributed by atoms with van der Waals surface area (Å²) in [6.45, 7) is 10.9. The predicted octanol–water partition coefficient (Wildman–Crippen LogP) is 3.10. The van der Waals surface area contributed by atoms with Gasteiger partial charge in [-0.3, -0.25) is 4.79 Å². The highest BCUT2D eigenvalue weighted by Crippen LogP contribution is 2.39. The number of hydrogen-bond donors (Lipinski definition) is 2. The third-order valence-corrected chi connectivity index (χ3v) is 4.67. The van der Waals surface area contributed by atoms with Crippen LogP contribution in [0.15, 0.2) is 24.3 Å². The lowest BCUT2D eigenvalue weighted by atomic mass is 9.76. The number of β-lactam (4-membered cyclic amide) rings is 1. The number of carbonyl (C=O) groups is 2. The summed E-state index contributed by atoms with van der Waals surface area (Å²) in [6, 6.07) is 5.96. The van der Waals surface area contributed by atoms with E-state index in [0.717, 1.165) is 0 Å². The molecule has 7 heteroatoms. The zero-order chi connectivity index (χ0) is 21.3. The van der Waals surface area contributed by atoms with Gasteiger partial charge in [-0.15, -0.1) is 0 Å². The van der Waals surface area contributed by atoms with E-state index in [0.29, 0.717) is 17.9 Å². The second kappa shape index (κ2) is 7.99. The molecule has 2 amide bonds. The van der Waals surface area contributed by atoms with Crippen molar-refractivity contribution in [2.24, 2.45) is 5.92 Å². The summed E-state index contributed by atoms with van der Waals surface area (Å²) in [7, 11) is 1.57. The van der Waals surface area contributed by atoms with Crippen molar-refractivity contribution in [3.05, 3.63) is 24.3 Å². The van der Waals surface area contributed by atoms with Crippen molar-refractivity contribution in [1.82, 2.24) is 5.32 Å². The Morgan fingerprint density at radius 1 is 1.29 bits per heavy atom. The minimum Gasteiger partial charge on any atom is -0.497 e.